The van der Waals surface area contributed by atoms with Crippen molar-refractivity contribution < 1.29 is 31.1 Å². The van der Waals surface area contributed by atoms with Crippen LogP contribution in [-0.2, 0) is 34.3 Å². The summed E-state index contributed by atoms with van der Waals surface area (Å²) in [7, 11) is -3.87. The molecule has 198 valence electrons. The van der Waals surface area contributed by atoms with Crippen LogP contribution in [0.25, 0.3) is 5.65 Å². The number of benzene rings is 1. The number of pyridine rings is 1. The van der Waals surface area contributed by atoms with Crippen LogP contribution in [-0.4, -0.2) is 60.1 Å². The van der Waals surface area contributed by atoms with Gasteiger partial charge in [0.2, 0.25) is 0 Å². The molecule has 3 heterocycles. The van der Waals surface area contributed by atoms with E-state index in [1.807, 2.05) is 25.3 Å². The number of hydrogen-bond acceptors (Lipinski definition) is 7. The van der Waals surface area contributed by atoms with Crippen molar-refractivity contribution in [3.05, 3.63) is 65.1 Å². The summed E-state index contributed by atoms with van der Waals surface area (Å²) in [5, 5.41) is 8.13. The molecule has 0 fully saturated rings. The number of nitrogens with zero attached hydrogens (tertiary/aromatic N) is 5. The van der Waals surface area contributed by atoms with Gasteiger partial charge in [-0.25, -0.2) is 9.29 Å². The molecule has 14 heteroatoms. The SMILES string of the molecule is CCc1nc2ccc(COC)cn2c1C(=O)NCc1ccc(N2CCN(S(=O)(=O)C(F)(F)F)C=N2)cc1. The monoisotopic (exact) mass is 538 g/mol. The molecule has 0 atom stereocenters. The molecule has 1 N–H and O–H groups in total. The van der Waals surface area contributed by atoms with Crippen LogP contribution in [0.4, 0.5) is 18.9 Å². The standard InChI is InChI=1S/C23H25F3N6O4S/c1-3-19-21(31-13-17(14-36-2)6-9-20(31)29-19)22(33)27-12-16-4-7-18(8-5-16)32-11-10-30(15-28-32)37(34,35)23(24,25)26/h4-9,13,15H,3,10-12,14H2,1-2H3,(H,27,33). The Labute approximate surface area is 211 Å². The maximum absolute atomic E-state index is 13.1. The van der Waals surface area contributed by atoms with Crippen LogP contribution in [0.15, 0.2) is 47.7 Å². The lowest BCUT2D eigenvalue weighted by Gasteiger charge is -2.29. The van der Waals surface area contributed by atoms with Crippen molar-refractivity contribution >= 4 is 33.6 Å². The molecule has 4 rings (SSSR count). The number of methoxy groups -OCH3 is 1. The summed E-state index contributed by atoms with van der Waals surface area (Å²) in [6.07, 6.45) is 3.06. The molecule has 0 saturated carbocycles. The van der Waals surface area contributed by atoms with Crippen molar-refractivity contribution in [2.75, 3.05) is 25.2 Å². The van der Waals surface area contributed by atoms with E-state index < -0.39 is 22.1 Å². The van der Waals surface area contributed by atoms with Gasteiger partial charge in [0.1, 0.15) is 17.7 Å². The van der Waals surface area contributed by atoms with Crippen molar-refractivity contribution in [3.63, 3.8) is 0 Å². The number of ether oxygens (including phenoxy) is 1. The fourth-order valence-corrected chi connectivity index (χ4v) is 4.62. The Balaban J connectivity index is 1.43. The second-order valence-electron chi connectivity index (χ2n) is 8.22. The van der Waals surface area contributed by atoms with Crippen molar-refractivity contribution in [1.29, 1.82) is 0 Å². The molecule has 10 nitrogen and oxygen atoms in total. The number of aromatic nitrogens is 2. The number of alkyl halides is 3. The Bertz CT molecular complexity index is 1420. The number of anilines is 1. The first-order valence-corrected chi connectivity index (χ1v) is 12.7. The molecule has 37 heavy (non-hydrogen) atoms. The molecule has 0 spiro atoms. The summed E-state index contributed by atoms with van der Waals surface area (Å²) in [4.78, 5) is 17.6. The third-order valence-electron chi connectivity index (χ3n) is 5.75. The maximum Gasteiger partial charge on any atom is 0.516 e. The Morgan fingerprint density at radius 3 is 2.41 bits per heavy atom. The summed E-state index contributed by atoms with van der Waals surface area (Å²) < 4.78 is 68.3. The lowest BCUT2D eigenvalue weighted by atomic mass is 10.2. The van der Waals surface area contributed by atoms with E-state index >= 15 is 0 Å². The lowest BCUT2D eigenvalue weighted by Crippen LogP contribution is -2.46. The van der Waals surface area contributed by atoms with Gasteiger partial charge in [0.05, 0.1) is 31.1 Å². The zero-order valence-corrected chi connectivity index (χ0v) is 20.9. The molecule has 1 aliphatic heterocycles. The molecule has 0 bridgehead atoms. The van der Waals surface area contributed by atoms with E-state index in [0.29, 0.717) is 42.1 Å². The van der Waals surface area contributed by atoms with Crippen LogP contribution in [0.2, 0.25) is 0 Å². The van der Waals surface area contributed by atoms with Gasteiger partial charge in [-0.2, -0.15) is 26.7 Å². The molecule has 0 aliphatic carbocycles. The van der Waals surface area contributed by atoms with E-state index in [4.69, 9.17) is 4.74 Å². The maximum atomic E-state index is 13.1. The quantitative estimate of drug-likeness (QED) is 0.473. The summed E-state index contributed by atoms with van der Waals surface area (Å²) in [5.74, 6) is -0.283. The van der Waals surface area contributed by atoms with E-state index in [-0.39, 0.29) is 23.3 Å². The van der Waals surface area contributed by atoms with Crippen molar-refractivity contribution in [1.82, 2.24) is 19.0 Å². The van der Waals surface area contributed by atoms with Crippen LogP contribution < -0.4 is 10.3 Å². The molecule has 3 aromatic rings. The Kier molecular flexibility index (Phi) is 7.41. The zero-order valence-electron chi connectivity index (χ0n) is 20.1. The Morgan fingerprint density at radius 2 is 1.81 bits per heavy atom. The molecule has 2 aromatic heterocycles. The van der Waals surface area contributed by atoms with Crippen LogP contribution in [0.1, 0.15) is 34.2 Å². The number of carbonyl (C=O) groups excluding carboxylic acids is 1. The van der Waals surface area contributed by atoms with Gasteiger partial charge >= 0.3 is 15.5 Å². The number of rotatable bonds is 8. The molecule has 0 unspecified atom stereocenters. The van der Waals surface area contributed by atoms with E-state index in [9.17, 15) is 26.4 Å². The fraction of sp³-hybridized carbons (Fsp3) is 0.348. The predicted octanol–water partition coefficient (Wildman–Crippen LogP) is 2.89. The summed E-state index contributed by atoms with van der Waals surface area (Å²) in [5.41, 5.74) is -1.35. The average Bonchev–Trinajstić information content (AvgIpc) is 3.25. The highest BCUT2D eigenvalue weighted by molar-refractivity contribution is 7.90. The van der Waals surface area contributed by atoms with Crippen LogP contribution in [0.3, 0.4) is 0 Å². The number of amides is 1. The van der Waals surface area contributed by atoms with Crippen LogP contribution >= 0.6 is 0 Å². The fourth-order valence-electron chi connectivity index (χ4n) is 3.87. The van der Waals surface area contributed by atoms with Gasteiger partial charge in [0.25, 0.3) is 5.91 Å². The Morgan fingerprint density at radius 1 is 1.11 bits per heavy atom. The first-order valence-electron chi connectivity index (χ1n) is 11.3. The van der Waals surface area contributed by atoms with Gasteiger partial charge in [-0.15, -0.1) is 0 Å². The number of carbonyl (C=O) groups is 1. The highest BCUT2D eigenvalue weighted by Crippen LogP contribution is 2.27. The third-order valence-corrected chi connectivity index (χ3v) is 7.23. The second-order valence-corrected chi connectivity index (χ2v) is 10.1. The second kappa shape index (κ2) is 10.4. The lowest BCUT2D eigenvalue weighted by molar-refractivity contribution is -0.0471. The smallest absolute Gasteiger partial charge is 0.380 e. The van der Waals surface area contributed by atoms with Gasteiger partial charge in [-0.05, 0) is 35.7 Å². The number of sulfonamides is 1. The number of halogens is 3. The highest BCUT2D eigenvalue weighted by atomic mass is 32.2. The van der Waals surface area contributed by atoms with E-state index in [1.54, 1.807) is 35.8 Å². The minimum atomic E-state index is -5.47. The largest absolute Gasteiger partial charge is 0.516 e. The molecule has 1 aromatic carbocycles. The molecular weight excluding hydrogens is 513 g/mol. The van der Waals surface area contributed by atoms with Gasteiger partial charge in [-0.3, -0.25) is 14.2 Å². The Hall–Kier alpha value is -3.65. The summed E-state index contributed by atoms with van der Waals surface area (Å²) in [6, 6.07) is 10.6. The molecule has 1 aliphatic rings. The molecule has 0 radical (unpaired) electrons. The predicted molar refractivity (Wildman–Crippen MR) is 130 cm³/mol. The normalized spacial score (nSPS) is 14.4. The molecular formula is C23H25F3N6O4S. The highest BCUT2D eigenvalue weighted by Gasteiger charge is 2.50. The topological polar surface area (TPSA) is 109 Å². The van der Waals surface area contributed by atoms with Crippen molar-refractivity contribution in [3.8, 4) is 0 Å². The number of fused-ring (bicyclic) bond motifs is 1. The minimum Gasteiger partial charge on any atom is -0.380 e. The first-order chi connectivity index (χ1) is 17.5. The number of hydrazone groups is 1. The van der Waals surface area contributed by atoms with Crippen molar-refractivity contribution in [2.45, 2.75) is 32.0 Å². The minimum absolute atomic E-state index is 0.0545. The number of aryl methyl sites for hydroxylation is 1. The molecule has 1 amide bonds. The first kappa shape index (κ1) is 26.4. The zero-order chi connectivity index (χ0) is 26.8. The number of nitrogens with one attached hydrogen (secondary N) is 1. The number of imidazole rings is 1. The van der Waals surface area contributed by atoms with E-state index in [1.165, 1.54) is 5.01 Å². The van der Waals surface area contributed by atoms with Gasteiger partial charge in [0, 0.05) is 19.9 Å². The summed E-state index contributed by atoms with van der Waals surface area (Å²) >= 11 is 0. The van der Waals surface area contributed by atoms with Gasteiger partial charge in [-0.1, -0.05) is 25.1 Å². The van der Waals surface area contributed by atoms with Gasteiger partial charge < -0.3 is 10.1 Å². The van der Waals surface area contributed by atoms with E-state index in [0.717, 1.165) is 11.1 Å². The molecule has 0 saturated heterocycles. The number of hydrogen-bond donors (Lipinski definition) is 1. The third kappa shape index (κ3) is 5.39. The van der Waals surface area contributed by atoms with Crippen LogP contribution in [0, 0.1) is 0 Å². The van der Waals surface area contributed by atoms with E-state index in [2.05, 4.69) is 15.4 Å². The van der Waals surface area contributed by atoms with Crippen LogP contribution in [0.5, 0.6) is 0 Å². The summed E-state index contributed by atoms with van der Waals surface area (Å²) in [6.45, 7) is 2.11. The van der Waals surface area contributed by atoms with Gasteiger partial charge in [0.15, 0.2) is 0 Å². The van der Waals surface area contributed by atoms with Crippen molar-refractivity contribution in [2.24, 2.45) is 5.10 Å². The average molecular weight is 539 g/mol.